The summed E-state index contributed by atoms with van der Waals surface area (Å²) in [4.78, 5) is 38.9. The van der Waals surface area contributed by atoms with Crippen LogP contribution in [0.5, 0.6) is 5.75 Å². The fraction of sp³-hybridized carbons (Fsp3) is 0.514. The first-order valence-corrected chi connectivity index (χ1v) is 14.8. The Hall–Kier alpha value is -3.61. The third kappa shape index (κ3) is 11.7. The van der Waals surface area contributed by atoms with Crippen molar-refractivity contribution in [2.45, 2.75) is 86.8 Å². The van der Waals surface area contributed by atoms with E-state index in [0.717, 1.165) is 22.8 Å². The molecule has 232 valence electrons. The van der Waals surface area contributed by atoms with Crippen LogP contribution in [-0.4, -0.2) is 47.4 Å². The number of carbonyl (C=O) groups excluding carboxylic acids is 2. The predicted molar refractivity (Wildman–Crippen MR) is 170 cm³/mol. The van der Waals surface area contributed by atoms with E-state index < -0.39 is 17.4 Å². The second kappa shape index (κ2) is 17.4. The summed E-state index contributed by atoms with van der Waals surface area (Å²) in [6, 6.07) is 17.4. The van der Waals surface area contributed by atoms with E-state index in [1.807, 2.05) is 89.2 Å². The van der Waals surface area contributed by atoms with E-state index in [1.165, 1.54) is 11.8 Å². The van der Waals surface area contributed by atoms with Gasteiger partial charge in [-0.05, 0) is 48.4 Å². The van der Waals surface area contributed by atoms with Crippen LogP contribution < -0.4 is 10.1 Å². The topological polar surface area (TPSA) is 95.9 Å². The summed E-state index contributed by atoms with van der Waals surface area (Å²) < 4.78 is 5.90. The van der Waals surface area contributed by atoms with Crippen LogP contribution in [0.25, 0.3) is 0 Å². The van der Waals surface area contributed by atoms with Crippen LogP contribution in [-0.2, 0) is 26.4 Å². The SMILES string of the molecule is CC(C)C.CC[C@H](C(=O)NCC(=O)N(C)[C@H](/C=C(\C)C(=O)O)C(C)C)C(C)(C)c1ccc(OCc2ccccc2)cc1. The number of nitrogens with zero attached hydrogens (tertiary/aromatic N) is 1. The molecule has 0 bridgehead atoms. The Morgan fingerprint density at radius 3 is 2.00 bits per heavy atom. The third-order valence-corrected chi connectivity index (χ3v) is 7.14. The Balaban J connectivity index is 0.00000206. The summed E-state index contributed by atoms with van der Waals surface area (Å²) in [6.45, 7) is 18.2. The van der Waals surface area contributed by atoms with Crippen molar-refractivity contribution >= 4 is 17.8 Å². The van der Waals surface area contributed by atoms with Crippen LogP contribution in [0.1, 0.15) is 79.9 Å². The predicted octanol–water partition coefficient (Wildman–Crippen LogP) is 6.86. The van der Waals surface area contributed by atoms with Crippen molar-refractivity contribution in [2.24, 2.45) is 17.8 Å². The number of carbonyl (C=O) groups is 3. The minimum atomic E-state index is -1.02. The van der Waals surface area contributed by atoms with Crippen LogP contribution in [0.2, 0.25) is 0 Å². The molecule has 0 aliphatic carbocycles. The standard InChI is InChI=1S/C31H42N2O5.C4H10/c1-8-26(29(35)32-19-28(34)33(7)27(21(2)3)18-22(4)30(36)37)31(5,6)24-14-16-25(17-15-24)38-20-23-12-10-9-11-13-23;1-4(2)3/h9-18,21,26-27H,8,19-20H2,1-7H3,(H,32,35)(H,36,37);4H,1-3H3/b22-18+;/t26-,27-;/m1./s1. The molecular formula is C35H52N2O5. The zero-order chi connectivity index (χ0) is 32.0. The first-order chi connectivity index (χ1) is 19.6. The van der Waals surface area contributed by atoms with Gasteiger partial charge in [-0.3, -0.25) is 9.59 Å². The number of amides is 2. The first-order valence-electron chi connectivity index (χ1n) is 14.8. The normalized spacial score (nSPS) is 13.1. The van der Waals surface area contributed by atoms with Gasteiger partial charge in [0, 0.05) is 24.0 Å². The molecule has 7 heteroatoms. The van der Waals surface area contributed by atoms with Crippen molar-refractivity contribution in [1.29, 1.82) is 0 Å². The van der Waals surface area contributed by atoms with Gasteiger partial charge in [0.05, 0.1) is 12.6 Å². The third-order valence-electron chi connectivity index (χ3n) is 7.14. The molecule has 0 aliphatic heterocycles. The number of benzene rings is 2. The Kier molecular flexibility index (Phi) is 15.1. The molecule has 2 rings (SSSR count). The second-order valence-electron chi connectivity index (χ2n) is 12.3. The van der Waals surface area contributed by atoms with Gasteiger partial charge >= 0.3 is 5.97 Å². The molecular weight excluding hydrogens is 528 g/mol. The van der Waals surface area contributed by atoms with Gasteiger partial charge in [0.1, 0.15) is 12.4 Å². The summed E-state index contributed by atoms with van der Waals surface area (Å²) in [5.74, 6) is -0.247. The van der Waals surface area contributed by atoms with Crippen molar-refractivity contribution in [3.63, 3.8) is 0 Å². The summed E-state index contributed by atoms with van der Waals surface area (Å²) in [5.41, 5.74) is 1.79. The number of aliphatic carboxylic acids is 1. The lowest BCUT2D eigenvalue weighted by Gasteiger charge is -2.34. The van der Waals surface area contributed by atoms with E-state index in [9.17, 15) is 19.5 Å². The lowest BCUT2D eigenvalue weighted by molar-refractivity contribution is -0.135. The molecule has 42 heavy (non-hydrogen) atoms. The zero-order valence-electron chi connectivity index (χ0n) is 27.2. The van der Waals surface area contributed by atoms with Crippen molar-refractivity contribution < 1.29 is 24.2 Å². The molecule has 2 aromatic carbocycles. The molecule has 0 radical (unpaired) electrons. The Morgan fingerprint density at radius 1 is 0.976 bits per heavy atom. The van der Waals surface area contributed by atoms with Gasteiger partial charge in [0.2, 0.25) is 11.8 Å². The van der Waals surface area contributed by atoms with Crippen LogP contribution in [0.3, 0.4) is 0 Å². The number of hydrogen-bond donors (Lipinski definition) is 2. The van der Waals surface area contributed by atoms with Crippen LogP contribution in [0, 0.1) is 17.8 Å². The lowest BCUT2D eigenvalue weighted by atomic mass is 9.71. The van der Waals surface area contributed by atoms with E-state index in [0.29, 0.717) is 13.0 Å². The zero-order valence-corrected chi connectivity index (χ0v) is 27.2. The Morgan fingerprint density at radius 2 is 1.52 bits per heavy atom. The fourth-order valence-corrected chi connectivity index (χ4v) is 4.60. The lowest BCUT2D eigenvalue weighted by Crippen LogP contribution is -2.48. The molecule has 0 spiro atoms. The van der Waals surface area contributed by atoms with Crippen molar-refractivity contribution in [2.75, 3.05) is 13.6 Å². The number of ether oxygens (including phenoxy) is 1. The molecule has 0 aliphatic rings. The molecule has 2 aromatic rings. The average Bonchev–Trinajstić information content (AvgIpc) is 2.93. The van der Waals surface area contributed by atoms with Crippen molar-refractivity contribution in [3.05, 3.63) is 77.4 Å². The molecule has 0 aromatic heterocycles. The molecule has 2 N–H and O–H groups in total. The molecule has 0 saturated carbocycles. The molecule has 0 unspecified atom stereocenters. The minimum absolute atomic E-state index is 0.0101. The number of carboxylic acid groups (broad SMARTS) is 1. The molecule has 0 fully saturated rings. The summed E-state index contributed by atoms with van der Waals surface area (Å²) in [7, 11) is 1.63. The van der Waals surface area contributed by atoms with Crippen molar-refractivity contribution in [1.82, 2.24) is 10.2 Å². The maximum Gasteiger partial charge on any atom is 0.331 e. The van der Waals surface area contributed by atoms with E-state index in [1.54, 1.807) is 13.1 Å². The number of carboxylic acids is 1. The summed E-state index contributed by atoms with van der Waals surface area (Å²) >= 11 is 0. The van der Waals surface area contributed by atoms with E-state index >= 15 is 0 Å². The second-order valence-corrected chi connectivity index (χ2v) is 12.3. The monoisotopic (exact) mass is 580 g/mol. The van der Waals surface area contributed by atoms with Crippen LogP contribution in [0.15, 0.2) is 66.2 Å². The van der Waals surface area contributed by atoms with Gasteiger partial charge in [0.25, 0.3) is 0 Å². The minimum Gasteiger partial charge on any atom is -0.489 e. The Labute approximate surface area is 253 Å². The van der Waals surface area contributed by atoms with Gasteiger partial charge in [-0.1, -0.05) is 104 Å². The number of likely N-dealkylation sites (N-methyl/N-ethyl adjacent to an activating group) is 1. The van der Waals surface area contributed by atoms with E-state index in [4.69, 9.17) is 4.74 Å². The number of nitrogens with one attached hydrogen (secondary N) is 1. The maximum atomic E-state index is 13.2. The molecule has 0 heterocycles. The first kappa shape index (κ1) is 36.4. The van der Waals surface area contributed by atoms with Crippen molar-refractivity contribution in [3.8, 4) is 5.75 Å². The van der Waals surface area contributed by atoms with Crippen LogP contribution in [0.4, 0.5) is 0 Å². The highest BCUT2D eigenvalue weighted by atomic mass is 16.5. The number of hydrogen-bond acceptors (Lipinski definition) is 4. The van der Waals surface area contributed by atoms with Gasteiger partial charge in [-0.15, -0.1) is 0 Å². The van der Waals surface area contributed by atoms with E-state index in [2.05, 4.69) is 26.1 Å². The maximum absolute atomic E-state index is 13.2. The highest BCUT2D eigenvalue weighted by Gasteiger charge is 2.35. The quantitative estimate of drug-likeness (QED) is 0.252. The van der Waals surface area contributed by atoms with Crippen LogP contribution >= 0.6 is 0 Å². The number of rotatable bonds is 13. The molecule has 7 nitrogen and oxygen atoms in total. The summed E-state index contributed by atoms with van der Waals surface area (Å²) in [6.07, 6.45) is 2.18. The highest BCUT2D eigenvalue weighted by molar-refractivity contribution is 5.88. The largest absolute Gasteiger partial charge is 0.489 e. The van der Waals surface area contributed by atoms with Gasteiger partial charge < -0.3 is 20.1 Å². The van der Waals surface area contributed by atoms with Gasteiger partial charge in [0.15, 0.2) is 0 Å². The Bertz CT molecular complexity index is 1150. The summed E-state index contributed by atoms with van der Waals surface area (Å²) in [5, 5.41) is 12.0. The molecule has 0 saturated heterocycles. The van der Waals surface area contributed by atoms with Gasteiger partial charge in [-0.2, -0.15) is 0 Å². The fourth-order valence-electron chi connectivity index (χ4n) is 4.60. The van der Waals surface area contributed by atoms with Gasteiger partial charge in [-0.25, -0.2) is 4.79 Å². The van der Waals surface area contributed by atoms with E-state index in [-0.39, 0.29) is 35.8 Å². The molecule has 2 atom stereocenters. The smallest absolute Gasteiger partial charge is 0.331 e. The average molecular weight is 581 g/mol. The molecule has 2 amide bonds. The highest BCUT2D eigenvalue weighted by Crippen LogP contribution is 2.35.